The largest absolute Gasteiger partial charge is 0.417 e. The van der Waals surface area contributed by atoms with Crippen molar-refractivity contribution < 1.29 is 93.9 Å². The summed E-state index contributed by atoms with van der Waals surface area (Å²) in [6.45, 7) is 47.4. The molecule has 0 spiro atoms. The second-order valence-electron chi connectivity index (χ2n) is 38.8. The highest BCUT2D eigenvalue weighted by Crippen LogP contribution is 2.49. The summed E-state index contributed by atoms with van der Waals surface area (Å²) in [5.74, 6) is -11.3. The number of nitrogens with zero attached hydrogens (tertiary/aromatic N) is 7. The van der Waals surface area contributed by atoms with Crippen LogP contribution in [-0.2, 0) is 33.3 Å². The Morgan fingerprint density at radius 1 is 0.433 bits per heavy atom. The molecule has 0 amide bonds. The van der Waals surface area contributed by atoms with Gasteiger partial charge in [-0.15, -0.1) is 0 Å². The molecule has 7 aromatic heterocycles. The smallest absolute Gasteiger partial charge is 0.386 e. The highest BCUT2D eigenvalue weighted by atomic mass is 19.4. The van der Waals surface area contributed by atoms with Crippen molar-refractivity contribution in [1.82, 2.24) is 34.9 Å². The lowest BCUT2D eigenvalue weighted by atomic mass is 9.65. The fourth-order valence-electron chi connectivity index (χ4n) is 12.8. The number of halogens is 11. The third-order valence-corrected chi connectivity index (χ3v) is 21.0. The van der Waals surface area contributed by atoms with Gasteiger partial charge in [0.1, 0.15) is 52.9 Å². The van der Waals surface area contributed by atoms with Gasteiger partial charge in [0.05, 0.1) is 63.9 Å². The van der Waals surface area contributed by atoms with E-state index >= 15 is 0 Å². The maximum absolute atomic E-state index is 13.0. The first-order valence-corrected chi connectivity index (χ1v) is 40.7. The Hall–Kier alpha value is -7.08. The van der Waals surface area contributed by atoms with E-state index in [-0.39, 0.29) is 46.7 Å². The number of ether oxygens (including phenoxy) is 1. The standard InChI is InChI=1S/C15H17FN2O.C15H23NO.C15H25NO.C12H17NO2.C11H14F3NO.C10H14FNO.C8H14F4O.C7H14F2O/c1-14(2,3)15(19,12-6-4-5-9-17-12)13-8-7-11(16)10-18-13;1-14(2,3)15(17,10-9-12-7-8-12)13-6-4-5-11-16-13;1-6-12(7-2)15(17,14(3,4)5)13-10-8-9-11-16-13;1-9-5-3-6-10(13-9)12(2,14)11-7-4-8-15-11;1-10(2,3)9(16)8-5-4-7(6-15-8)11(12,13)14;1-10(2,3)9(13)8-5-4-7(11)6-12-8;1-6(2,3)5(13)8(11,12)7(4,9)10;1-6(2,3)5(10)7(4,8)9/h4-10,19H,1-3H3;4-6,11-12,17H,7-10H2,1-3H3;8-12,17H,6-7H2,1-5H3;3,5-6,11,14H,4,7-8H2,1-2H3;4-6,9,16H,1-3H3;4-6,9,13H,1-3H3;5,13H,1-4H3;5,10H,1-4H3/t;;;11-,12+;;;;/m...1..../s1. The molecule has 1 aliphatic heterocycles. The second kappa shape index (κ2) is 43.5. The number of pyridine rings is 7. The Balaban J connectivity index is 0.000000468. The van der Waals surface area contributed by atoms with E-state index in [9.17, 15) is 78.9 Å². The van der Waals surface area contributed by atoms with Crippen LogP contribution in [0.1, 0.15) is 295 Å². The summed E-state index contributed by atoms with van der Waals surface area (Å²) in [6, 6.07) is 30.3. The maximum Gasteiger partial charge on any atom is 0.417 e. The first kappa shape index (κ1) is 109. The zero-order chi connectivity index (χ0) is 92.9. The van der Waals surface area contributed by atoms with Crippen LogP contribution in [0.3, 0.4) is 0 Å². The quantitative estimate of drug-likeness (QED) is 0.0394. The summed E-state index contributed by atoms with van der Waals surface area (Å²) < 4.78 is 143. The van der Waals surface area contributed by atoms with E-state index in [4.69, 9.17) is 14.9 Å². The molecular weight excluding hydrogens is 1570 g/mol. The zero-order valence-electron chi connectivity index (χ0n) is 75.5. The van der Waals surface area contributed by atoms with Gasteiger partial charge in [-0.1, -0.05) is 209 Å². The molecule has 27 heteroatoms. The summed E-state index contributed by atoms with van der Waals surface area (Å²) >= 11 is 0. The van der Waals surface area contributed by atoms with Crippen molar-refractivity contribution in [2.24, 2.45) is 49.7 Å². The predicted octanol–water partition coefficient (Wildman–Crippen LogP) is 22.1. The molecule has 0 aromatic carbocycles. The Labute approximate surface area is 706 Å². The van der Waals surface area contributed by atoms with Gasteiger partial charge in [0.15, 0.2) is 5.60 Å². The molecule has 1 saturated heterocycles. The number of hydrogen-bond donors (Lipinski definition) is 8. The van der Waals surface area contributed by atoms with Crippen LogP contribution in [0.25, 0.3) is 0 Å². The molecule has 2 fully saturated rings. The summed E-state index contributed by atoms with van der Waals surface area (Å²) in [4.78, 5) is 28.8. The molecule has 2 aliphatic rings. The van der Waals surface area contributed by atoms with Crippen LogP contribution >= 0.6 is 0 Å². The number of aryl methyl sites for hydroxylation is 1. The van der Waals surface area contributed by atoms with Gasteiger partial charge in [0.25, 0.3) is 5.92 Å². The highest BCUT2D eigenvalue weighted by Gasteiger charge is 2.60. The summed E-state index contributed by atoms with van der Waals surface area (Å²) in [5, 5.41) is 81.4. The Bertz CT molecular complexity index is 4050. The fraction of sp³-hybridized carbons (Fsp3) is 0.624. The number of aliphatic hydroxyl groups excluding tert-OH is 4. The molecule has 1 aliphatic carbocycles. The van der Waals surface area contributed by atoms with E-state index in [0.717, 1.165) is 99.7 Å². The third kappa shape index (κ3) is 31.9. The number of rotatable bonds is 17. The van der Waals surface area contributed by atoms with Gasteiger partial charge in [-0.3, -0.25) is 34.9 Å². The number of aromatic nitrogens is 7. The van der Waals surface area contributed by atoms with Crippen LogP contribution in [0.15, 0.2) is 146 Å². The van der Waals surface area contributed by atoms with E-state index < -0.39 is 104 Å². The van der Waals surface area contributed by atoms with Crippen molar-refractivity contribution in [2.45, 2.75) is 315 Å². The van der Waals surface area contributed by atoms with Crippen LogP contribution in [0.4, 0.5) is 48.3 Å². The molecule has 16 nitrogen and oxygen atoms in total. The minimum Gasteiger partial charge on any atom is -0.386 e. The summed E-state index contributed by atoms with van der Waals surface area (Å²) in [7, 11) is 0. The minimum absolute atomic E-state index is 0.0992. The topological polar surface area (TPSA) is 261 Å². The van der Waals surface area contributed by atoms with Gasteiger partial charge in [0, 0.05) is 56.4 Å². The van der Waals surface area contributed by atoms with Crippen molar-refractivity contribution in [1.29, 1.82) is 0 Å². The Morgan fingerprint density at radius 2 is 0.858 bits per heavy atom. The van der Waals surface area contributed by atoms with Crippen LogP contribution in [-0.4, -0.2) is 118 Å². The first-order chi connectivity index (χ1) is 54.4. The van der Waals surface area contributed by atoms with E-state index in [1.54, 1.807) is 79.2 Å². The van der Waals surface area contributed by atoms with Crippen LogP contribution in [0, 0.1) is 68.3 Å². The molecular formula is C93H138F11N7O9. The lowest BCUT2D eigenvalue weighted by Crippen LogP contribution is -2.53. The molecule has 1 saturated carbocycles. The summed E-state index contributed by atoms with van der Waals surface area (Å²) in [5.41, 5.74) is -3.64. The van der Waals surface area contributed by atoms with E-state index in [1.807, 2.05) is 109 Å². The van der Waals surface area contributed by atoms with E-state index in [2.05, 4.69) is 90.3 Å². The van der Waals surface area contributed by atoms with E-state index in [0.29, 0.717) is 22.8 Å². The molecule has 7 aromatic rings. The third-order valence-electron chi connectivity index (χ3n) is 21.0. The highest BCUT2D eigenvalue weighted by molar-refractivity contribution is 5.30. The van der Waals surface area contributed by atoms with E-state index in [1.165, 1.54) is 63.9 Å². The Morgan fingerprint density at radius 3 is 1.16 bits per heavy atom. The van der Waals surface area contributed by atoms with Crippen LogP contribution < -0.4 is 0 Å². The molecule has 0 radical (unpaired) electrons. The fourth-order valence-corrected chi connectivity index (χ4v) is 12.8. The molecule has 120 heavy (non-hydrogen) atoms. The molecule has 8 heterocycles. The predicted molar refractivity (Wildman–Crippen MR) is 449 cm³/mol. The van der Waals surface area contributed by atoms with Crippen molar-refractivity contribution in [3.8, 4) is 0 Å². The summed E-state index contributed by atoms with van der Waals surface area (Å²) in [6.07, 6.45) is 6.58. The minimum atomic E-state index is -4.40. The van der Waals surface area contributed by atoms with Gasteiger partial charge in [-0.05, 0) is 169 Å². The maximum atomic E-state index is 13.0. The van der Waals surface area contributed by atoms with Crippen molar-refractivity contribution in [2.75, 3.05) is 6.61 Å². The SMILES string of the molecule is CC(C)(C)C(O)(CCC1CC1)c1ccccn1.CC(C)(C)C(O)(c1ccccn1)c1ccc(F)cn1.CC(C)(C)C(O)C(C)(F)F.CC(C)(C)C(O)C(F)(F)C(C)(F)F.CC(C)(C)C(O)c1ccc(C(F)(F)F)cn1.CC(C)(C)C(O)c1ccc(F)cn1.CCC(CC)C(O)(c1ccccn1)C(C)(C)C.Cc1cccc([C@](C)(O)[C@H]2CCCO2)n1. The lowest BCUT2D eigenvalue weighted by Gasteiger charge is -2.45. The van der Waals surface area contributed by atoms with Gasteiger partial charge in [-0.2, -0.15) is 22.0 Å². The molecule has 8 N–H and O–H groups in total. The lowest BCUT2D eigenvalue weighted by molar-refractivity contribution is -0.263. The van der Waals surface area contributed by atoms with Gasteiger partial charge >= 0.3 is 18.0 Å². The van der Waals surface area contributed by atoms with Crippen molar-refractivity contribution in [3.05, 3.63) is 209 Å². The second-order valence-corrected chi connectivity index (χ2v) is 38.8. The average molecular weight is 1710 g/mol. The van der Waals surface area contributed by atoms with Gasteiger partial charge in [0.2, 0.25) is 0 Å². The van der Waals surface area contributed by atoms with Crippen molar-refractivity contribution >= 4 is 0 Å². The zero-order valence-corrected chi connectivity index (χ0v) is 75.5. The molecule has 676 valence electrons. The molecule has 0 bridgehead atoms. The number of alkyl halides is 9. The molecule has 7 unspecified atom stereocenters. The van der Waals surface area contributed by atoms with Gasteiger partial charge < -0.3 is 45.6 Å². The normalized spacial score (nSPS) is 17.4. The van der Waals surface area contributed by atoms with Crippen LogP contribution in [0.2, 0.25) is 0 Å². The monoisotopic (exact) mass is 1710 g/mol. The average Bonchev–Trinajstić information content (AvgIpc) is 0.878. The van der Waals surface area contributed by atoms with Gasteiger partial charge in [-0.25, -0.2) is 26.3 Å². The van der Waals surface area contributed by atoms with Crippen molar-refractivity contribution in [3.63, 3.8) is 0 Å². The molecule has 9 rings (SSSR count). The Kier molecular flexibility index (Phi) is 39.5. The number of aliphatic hydroxyl groups is 8. The number of hydrogen-bond acceptors (Lipinski definition) is 16. The van der Waals surface area contributed by atoms with Crippen LogP contribution in [0.5, 0.6) is 0 Å². The molecule has 9 atom stereocenters. The first-order valence-electron chi connectivity index (χ1n) is 40.7.